The third kappa shape index (κ3) is 5.31. The highest BCUT2D eigenvalue weighted by Gasteiger charge is 2.17. The largest absolute Gasteiger partial charge is 0.480 e. The van der Waals surface area contributed by atoms with Crippen LogP contribution in [0.1, 0.15) is 13.8 Å². The lowest BCUT2D eigenvalue weighted by Gasteiger charge is -2.23. The van der Waals surface area contributed by atoms with Crippen molar-refractivity contribution in [3.8, 4) is 0 Å². The van der Waals surface area contributed by atoms with Crippen molar-refractivity contribution in [2.24, 2.45) is 0 Å². The normalized spacial score (nSPS) is 10.9. The molecule has 0 heterocycles. The number of nitrogens with zero attached hydrogens (tertiary/aromatic N) is 1. The van der Waals surface area contributed by atoms with Gasteiger partial charge in [-0.25, -0.2) is 8.78 Å². The smallest absolute Gasteiger partial charge is 0.317 e. The van der Waals surface area contributed by atoms with Gasteiger partial charge in [0, 0.05) is 17.8 Å². The summed E-state index contributed by atoms with van der Waals surface area (Å²) < 4.78 is 25.9. The van der Waals surface area contributed by atoms with Gasteiger partial charge < -0.3 is 10.4 Å². The molecule has 7 heteroatoms. The zero-order valence-electron chi connectivity index (χ0n) is 11.2. The summed E-state index contributed by atoms with van der Waals surface area (Å²) >= 11 is 0. The van der Waals surface area contributed by atoms with Crippen molar-refractivity contribution in [3.05, 3.63) is 29.8 Å². The minimum atomic E-state index is -1.05. The maximum atomic E-state index is 13.0. The van der Waals surface area contributed by atoms with Gasteiger partial charge in [0.05, 0.1) is 13.1 Å². The summed E-state index contributed by atoms with van der Waals surface area (Å²) in [6.07, 6.45) is 0. The molecule has 1 aromatic rings. The third-order valence-electron chi connectivity index (χ3n) is 2.56. The number of carboxylic acids is 1. The second kappa shape index (κ2) is 6.95. The van der Waals surface area contributed by atoms with E-state index in [1.54, 1.807) is 13.8 Å². The summed E-state index contributed by atoms with van der Waals surface area (Å²) in [5, 5.41) is 11.1. The number of carbonyl (C=O) groups is 2. The molecular formula is C13H16F2N2O3. The Hall–Kier alpha value is -2.02. The van der Waals surface area contributed by atoms with Gasteiger partial charge in [-0.2, -0.15) is 0 Å². The average molecular weight is 286 g/mol. The Balaban J connectivity index is 2.67. The van der Waals surface area contributed by atoms with Crippen LogP contribution in [-0.4, -0.2) is 41.0 Å². The lowest BCUT2D eigenvalue weighted by Crippen LogP contribution is -2.41. The summed E-state index contributed by atoms with van der Waals surface area (Å²) in [6, 6.07) is 2.51. The molecule has 0 saturated carbocycles. The molecular weight excluding hydrogens is 270 g/mol. The SMILES string of the molecule is CC(C)N(CC(=O)O)CC(=O)Nc1cc(F)cc(F)c1. The molecule has 0 radical (unpaired) electrons. The number of aliphatic carboxylic acids is 1. The van der Waals surface area contributed by atoms with Gasteiger partial charge in [0.25, 0.3) is 0 Å². The number of anilines is 1. The van der Waals surface area contributed by atoms with Crippen molar-refractivity contribution in [2.75, 3.05) is 18.4 Å². The summed E-state index contributed by atoms with van der Waals surface area (Å²) in [5.74, 6) is -3.19. The van der Waals surface area contributed by atoms with Crippen LogP contribution in [-0.2, 0) is 9.59 Å². The molecule has 2 N–H and O–H groups in total. The van der Waals surface area contributed by atoms with E-state index in [1.165, 1.54) is 4.90 Å². The van der Waals surface area contributed by atoms with Crippen molar-refractivity contribution in [1.82, 2.24) is 4.90 Å². The van der Waals surface area contributed by atoms with Crippen molar-refractivity contribution in [2.45, 2.75) is 19.9 Å². The van der Waals surface area contributed by atoms with Crippen LogP contribution in [0.5, 0.6) is 0 Å². The number of benzene rings is 1. The Bertz CT molecular complexity index is 486. The maximum absolute atomic E-state index is 13.0. The van der Waals surface area contributed by atoms with E-state index in [1.807, 2.05) is 0 Å². The highest BCUT2D eigenvalue weighted by atomic mass is 19.1. The van der Waals surface area contributed by atoms with Crippen molar-refractivity contribution in [3.63, 3.8) is 0 Å². The van der Waals surface area contributed by atoms with Gasteiger partial charge in [-0.05, 0) is 26.0 Å². The van der Waals surface area contributed by atoms with E-state index in [2.05, 4.69) is 5.32 Å². The molecule has 1 amide bonds. The number of nitrogens with one attached hydrogen (secondary N) is 1. The summed E-state index contributed by atoms with van der Waals surface area (Å²) in [7, 11) is 0. The van der Waals surface area contributed by atoms with Crippen LogP contribution in [0, 0.1) is 11.6 Å². The number of carbonyl (C=O) groups excluding carboxylic acids is 1. The molecule has 0 atom stereocenters. The zero-order chi connectivity index (χ0) is 15.3. The lowest BCUT2D eigenvalue weighted by atomic mass is 10.2. The first kappa shape index (κ1) is 16.0. The van der Waals surface area contributed by atoms with Gasteiger partial charge in [0.15, 0.2) is 0 Å². The lowest BCUT2D eigenvalue weighted by molar-refractivity contribution is -0.139. The predicted molar refractivity (Wildman–Crippen MR) is 69.3 cm³/mol. The molecule has 0 spiro atoms. The first-order valence-corrected chi connectivity index (χ1v) is 5.99. The first-order chi connectivity index (χ1) is 9.27. The Morgan fingerprint density at radius 3 is 2.20 bits per heavy atom. The number of carboxylic acid groups (broad SMARTS) is 1. The fourth-order valence-electron chi connectivity index (χ4n) is 1.61. The van der Waals surface area contributed by atoms with Crippen LogP contribution in [0.2, 0.25) is 0 Å². The molecule has 110 valence electrons. The minimum Gasteiger partial charge on any atom is -0.480 e. The van der Waals surface area contributed by atoms with Crippen LogP contribution in [0.25, 0.3) is 0 Å². The second-order valence-electron chi connectivity index (χ2n) is 4.60. The molecule has 0 aliphatic rings. The molecule has 0 aromatic heterocycles. The highest BCUT2D eigenvalue weighted by Crippen LogP contribution is 2.13. The van der Waals surface area contributed by atoms with Gasteiger partial charge in [0.1, 0.15) is 11.6 Å². The fourth-order valence-corrected chi connectivity index (χ4v) is 1.61. The fraction of sp³-hybridized carbons (Fsp3) is 0.385. The molecule has 20 heavy (non-hydrogen) atoms. The number of amides is 1. The van der Waals surface area contributed by atoms with Gasteiger partial charge in [-0.15, -0.1) is 0 Å². The van der Waals surface area contributed by atoms with Crippen LogP contribution in [0.15, 0.2) is 18.2 Å². The summed E-state index contributed by atoms with van der Waals surface area (Å²) in [6.45, 7) is 3.03. The maximum Gasteiger partial charge on any atom is 0.317 e. The second-order valence-corrected chi connectivity index (χ2v) is 4.60. The minimum absolute atomic E-state index is 0.00784. The molecule has 0 aliphatic carbocycles. The van der Waals surface area contributed by atoms with E-state index < -0.39 is 23.5 Å². The number of rotatable bonds is 6. The van der Waals surface area contributed by atoms with Gasteiger partial charge >= 0.3 is 5.97 Å². The topological polar surface area (TPSA) is 69.6 Å². The summed E-state index contributed by atoms with van der Waals surface area (Å²) in [5.41, 5.74) is -0.00784. The summed E-state index contributed by atoms with van der Waals surface area (Å²) in [4.78, 5) is 23.8. The van der Waals surface area contributed by atoms with Gasteiger partial charge in [-0.3, -0.25) is 14.5 Å². The van der Waals surface area contributed by atoms with E-state index in [0.717, 1.165) is 12.1 Å². The monoisotopic (exact) mass is 286 g/mol. The number of halogens is 2. The van der Waals surface area contributed by atoms with E-state index in [9.17, 15) is 18.4 Å². The highest BCUT2D eigenvalue weighted by molar-refractivity contribution is 5.92. The molecule has 0 bridgehead atoms. The predicted octanol–water partition coefficient (Wildman–Crippen LogP) is 1.70. The molecule has 5 nitrogen and oxygen atoms in total. The number of hydrogen-bond donors (Lipinski definition) is 2. The van der Waals surface area contributed by atoms with Crippen LogP contribution < -0.4 is 5.32 Å². The molecule has 0 saturated heterocycles. The molecule has 0 aliphatic heterocycles. The van der Waals surface area contributed by atoms with Crippen molar-refractivity contribution in [1.29, 1.82) is 0 Å². The first-order valence-electron chi connectivity index (χ1n) is 5.99. The molecule has 0 fully saturated rings. The number of hydrogen-bond acceptors (Lipinski definition) is 3. The van der Waals surface area contributed by atoms with Gasteiger partial charge in [0.2, 0.25) is 5.91 Å². The molecule has 1 aromatic carbocycles. The molecule has 0 unspecified atom stereocenters. The van der Waals surface area contributed by atoms with E-state index >= 15 is 0 Å². The average Bonchev–Trinajstić information content (AvgIpc) is 2.25. The molecule has 1 rings (SSSR count). The van der Waals surface area contributed by atoms with E-state index in [4.69, 9.17) is 5.11 Å². The standard InChI is InChI=1S/C13H16F2N2O3/c1-8(2)17(7-13(19)20)6-12(18)16-11-4-9(14)3-10(15)5-11/h3-5,8H,6-7H2,1-2H3,(H,16,18)(H,19,20). The Labute approximate surface area is 115 Å². The quantitative estimate of drug-likeness (QED) is 0.835. The van der Waals surface area contributed by atoms with Crippen molar-refractivity contribution >= 4 is 17.6 Å². The van der Waals surface area contributed by atoms with Crippen LogP contribution in [0.4, 0.5) is 14.5 Å². The van der Waals surface area contributed by atoms with Crippen molar-refractivity contribution < 1.29 is 23.5 Å². The van der Waals surface area contributed by atoms with Crippen LogP contribution in [0.3, 0.4) is 0 Å². The van der Waals surface area contributed by atoms with E-state index in [-0.39, 0.29) is 24.8 Å². The van der Waals surface area contributed by atoms with E-state index in [0.29, 0.717) is 6.07 Å². The Morgan fingerprint density at radius 1 is 1.20 bits per heavy atom. The zero-order valence-corrected chi connectivity index (χ0v) is 11.2. The Kier molecular flexibility index (Phi) is 5.57. The third-order valence-corrected chi connectivity index (χ3v) is 2.56. The van der Waals surface area contributed by atoms with Crippen LogP contribution >= 0.6 is 0 Å². The Morgan fingerprint density at radius 2 is 1.75 bits per heavy atom. The van der Waals surface area contributed by atoms with Gasteiger partial charge in [-0.1, -0.05) is 0 Å².